The molecule has 3 aliphatic heterocycles. The lowest BCUT2D eigenvalue weighted by atomic mass is 9.96. The Morgan fingerprint density at radius 2 is 0.643 bits per heavy atom. The molecule has 3 aliphatic rings. The van der Waals surface area contributed by atoms with Gasteiger partial charge in [0, 0.05) is 6.42 Å². The molecule has 0 bridgehead atoms. The van der Waals surface area contributed by atoms with E-state index in [0.29, 0.717) is 6.42 Å². The van der Waals surface area contributed by atoms with Crippen LogP contribution in [-0.4, -0.2) is 193 Å². The molecular formula is C79H149NO18. The summed E-state index contributed by atoms with van der Waals surface area (Å²) in [6, 6.07) is -0.969. The molecule has 0 radical (unpaired) electrons. The third kappa shape index (κ3) is 40.5. The Morgan fingerprint density at radius 1 is 0.357 bits per heavy atom. The molecule has 17 atom stereocenters. The molecule has 0 aliphatic carbocycles. The maximum Gasteiger partial charge on any atom is 0.220 e. The number of hydrogen-bond acceptors (Lipinski definition) is 18. The SMILES string of the molecule is CCCCCCCCCC/C=C\CCCCCCCCCCCCCCCCCCCCCCCCCCCCCCCC(=O)NC(COC1OC(CO)C(OC2OC(CO)C(OC3OC(CO)C(O)C(O)C3O)C(O)C2O)C(O)C1O)C(O)/C=C/CCCCCCCCCCCC. The van der Waals surface area contributed by atoms with Gasteiger partial charge in [0.05, 0.1) is 38.6 Å². The highest BCUT2D eigenvalue weighted by Gasteiger charge is 2.54. The quantitative estimate of drug-likeness (QED) is 0.0199. The summed E-state index contributed by atoms with van der Waals surface area (Å²) in [5, 5.41) is 121. The van der Waals surface area contributed by atoms with Gasteiger partial charge in [-0.1, -0.05) is 314 Å². The third-order valence-electron chi connectivity index (χ3n) is 20.5. The van der Waals surface area contributed by atoms with Gasteiger partial charge in [-0.3, -0.25) is 4.79 Å². The van der Waals surface area contributed by atoms with Crippen LogP contribution in [0, 0.1) is 0 Å². The van der Waals surface area contributed by atoms with E-state index in [1.54, 1.807) is 6.08 Å². The van der Waals surface area contributed by atoms with E-state index in [-0.39, 0.29) is 18.9 Å². The zero-order valence-corrected chi connectivity index (χ0v) is 61.8. The fraction of sp³-hybridized carbons (Fsp3) is 0.937. The lowest BCUT2D eigenvalue weighted by Gasteiger charge is -2.48. The standard InChI is InChI=1S/C79H149NO18/c1-3-5-7-9-11-13-15-17-18-19-20-21-22-23-24-25-26-27-28-29-30-31-32-33-34-35-36-37-38-39-40-41-42-43-44-45-47-49-51-53-55-57-67(85)80-62(63(84)56-54-52-50-48-46-16-14-12-10-8-6-4-2)61-93-77-73(91)70(88)75(65(59-82)95-77)98-79-74(92)71(89)76(66(60-83)96-79)97-78-72(90)69(87)68(86)64(58-81)94-78/h19-20,54,56,62-66,68-79,81-84,86-92H,3-18,21-53,55,57-61H2,1-2H3,(H,80,85)/b20-19-,56-54+. The summed E-state index contributed by atoms with van der Waals surface area (Å²) in [5.74, 6) is -0.270. The van der Waals surface area contributed by atoms with Gasteiger partial charge < -0.3 is 89.9 Å². The Kier molecular flexibility index (Phi) is 55.9. The van der Waals surface area contributed by atoms with Crippen LogP contribution in [0.4, 0.5) is 0 Å². The van der Waals surface area contributed by atoms with Gasteiger partial charge in [-0.2, -0.15) is 0 Å². The van der Waals surface area contributed by atoms with Crippen LogP contribution in [-0.2, 0) is 33.2 Å². The number of allylic oxidation sites excluding steroid dienone is 3. The first-order valence-corrected chi connectivity index (χ1v) is 40.6. The smallest absolute Gasteiger partial charge is 0.220 e. The summed E-state index contributed by atoms with van der Waals surface area (Å²) in [5.41, 5.74) is 0. The molecule has 1 amide bonds. The van der Waals surface area contributed by atoms with E-state index in [2.05, 4.69) is 31.3 Å². The van der Waals surface area contributed by atoms with Crippen LogP contribution in [0.2, 0.25) is 0 Å². The third-order valence-corrected chi connectivity index (χ3v) is 20.5. The summed E-state index contributed by atoms with van der Waals surface area (Å²) in [6.07, 6.45) is 46.5. The summed E-state index contributed by atoms with van der Waals surface area (Å²) in [4.78, 5) is 13.4. The summed E-state index contributed by atoms with van der Waals surface area (Å²) in [6.45, 7) is 1.75. The predicted molar refractivity (Wildman–Crippen MR) is 388 cm³/mol. The normalized spacial score (nSPS) is 26.8. The molecule has 17 unspecified atom stereocenters. The average molecular weight is 1400 g/mol. The first-order valence-electron chi connectivity index (χ1n) is 40.6. The van der Waals surface area contributed by atoms with E-state index in [1.807, 2.05) is 6.08 Å². The summed E-state index contributed by atoms with van der Waals surface area (Å²) < 4.78 is 34.4. The number of ether oxygens (including phenoxy) is 6. The molecule has 0 saturated carbocycles. The van der Waals surface area contributed by atoms with Crippen LogP contribution in [0.1, 0.15) is 341 Å². The first kappa shape index (κ1) is 90.5. The monoisotopic (exact) mass is 1400 g/mol. The van der Waals surface area contributed by atoms with Crippen molar-refractivity contribution in [1.29, 1.82) is 0 Å². The Bertz CT molecular complexity index is 1870. The van der Waals surface area contributed by atoms with E-state index in [1.165, 1.54) is 270 Å². The molecule has 0 aromatic carbocycles. The lowest BCUT2D eigenvalue weighted by Crippen LogP contribution is -2.66. The van der Waals surface area contributed by atoms with Crippen molar-refractivity contribution in [2.75, 3.05) is 26.4 Å². The Hall–Kier alpha value is -1.73. The van der Waals surface area contributed by atoms with Crippen molar-refractivity contribution < 1.29 is 89.4 Å². The molecule has 19 nitrogen and oxygen atoms in total. The molecular weight excluding hydrogens is 1250 g/mol. The van der Waals surface area contributed by atoms with E-state index in [0.717, 1.165) is 44.9 Å². The number of hydrogen-bond donors (Lipinski definition) is 12. The fourth-order valence-corrected chi connectivity index (χ4v) is 14.0. The number of carbonyl (C=O) groups is 1. The molecule has 3 fully saturated rings. The molecule has 578 valence electrons. The Balaban J connectivity index is 1.25. The largest absolute Gasteiger partial charge is 0.394 e. The summed E-state index contributed by atoms with van der Waals surface area (Å²) >= 11 is 0. The van der Waals surface area contributed by atoms with Gasteiger partial charge in [0.1, 0.15) is 73.2 Å². The molecule has 98 heavy (non-hydrogen) atoms. The number of unbranched alkanes of at least 4 members (excludes halogenated alkanes) is 47. The second-order valence-electron chi connectivity index (χ2n) is 29.2. The molecule has 19 heteroatoms. The van der Waals surface area contributed by atoms with Gasteiger partial charge in [-0.05, 0) is 44.9 Å². The van der Waals surface area contributed by atoms with Crippen molar-refractivity contribution >= 4 is 5.91 Å². The first-order chi connectivity index (χ1) is 47.8. The summed E-state index contributed by atoms with van der Waals surface area (Å²) in [7, 11) is 0. The highest BCUT2D eigenvalue weighted by molar-refractivity contribution is 5.76. The van der Waals surface area contributed by atoms with Gasteiger partial charge in [0.25, 0.3) is 0 Å². The minimum atomic E-state index is -1.98. The molecule has 3 saturated heterocycles. The number of rotatable bonds is 65. The van der Waals surface area contributed by atoms with Gasteiger partial charge in [0.2, 0.25) is 5.91 Å². The van der Waals surface area contributed by atoms with Gasteiger partial charge in [-0.15, -0.1) is 0 Å². The highest BCUT2D eigenvalue weighted by atomic mass is 16.8. The molecule has 3 rings (SSSR count). The van der Waals surface area contributed by atoms with Gasteiger partial charge >= 0.3 is 0 Å². The van der Waals surface area contributed by atoms with Crippen LogP contribution < -0.4 is 5.32 Å². The van der Waals surface area contributed by atoms with E-state index in [4.69, 9.17) is 28.4 Å². The van der Waals surface area contributed by atoms with Crippen LogP contribution in [0.25, 0.3) is 0 Å². The predicted octanol–water partition coefficient (Wildman–Crippen LogP) is 13.3. The average Bonchev–Trinajstić information content (AvgIpc) is 0.785. The number of carbonyl (C=O) groups excluding carboxylic acids is 1. The minimum Gasteiger partial charge on any atom is -0.394 e. The van der Waals surface area contributed by atoms with Gasteiger partial charge in [-0.25, -0.2) is 0 Å². The molecule has 12 N–H and O–H groups in total. The van der Waals surface area contributed by atoms with Crippen molar-refractivity contribution in [1.82, 2.24) is 5.32 Å². The van der Waals surface area contributed by atoms with Gasteiger partial charge in [0.15, 0.2) is 18.9 Å². The van der Waals surface area contributed by atoms with Crippen molar-refractivity contribution in [3.05, 3.63) is 24.3 Å². The number of nitrogens with one attached hydrogen (secondary N) is 1. The number of aliphatic hydroxyl groups is 11. The van der Waals surface area contributed by atoms with Crippen molar-refractivity contribution in [3.8, 4) is 0 Å². The molecule has 0 aromatic rings. The Morgan fingerprint density at radius 3 is 0.990 bits per heavy atom. The molecule has 3 heterocycles. The molecule has 0 spiro atoms. The zero-order chi connectivity index (χ0) is 71.1. The second-order valence-corrected chi connectivity index (χ2v) is 29.2. The van der Waals surface area contributed by atoms with E-state index in [9.17, 15) is 61.0 Å². The van der Waals surface area contributed by atoms with Crippen LogP contribution in [0.3, 0.4) is 0 Å². The highest BCUT2D eigenvalue weighted by Crippen LogP contribution is 2.33. The maximum absolute atomic E-state index is 13.4. The van der Waals surface area contributed by atoms with Crippen molar-refractivity contribution in [3.63, 3.8) is 0 Å². The van der Waals surface area contributed by atoms with Crippen molar-refractivity contribution in [2.24, 2.45) is 0 Å². The second kappa shape index (κ2) is 60.5. The number of amides is 1. The minimum absolute atomic E-state index is 0.249. The van der Waals surface area contributed by atoms with Crippen LogP contribution >= 0.6 is 0 Å². The Labute approximate surface area is 594 Å². The van der Waals surface area contributed by atoms with Crippen LogP contribution in [0.15, 0.2) is 24.3 Å². The lowest BCUT2D eigenvalue weighted by molar-refractivity contribution is -0.379. The van der Waals surface area contributed by atoms with Crippen LogP contribution in [0.5, 0.6) is 0 Å². The molecule has 0 aromatic heterocycles. The van der Waals surface area contributed by atoms with E-state index >= 15 is 0 Å². The topological polar surface area (TPSA) is 307 Å². The zero-order valence-electron chi connectivity index (χ0n) is 61.8. The fourth-order valence-electron chi connectivity index (χ4n) is 14.0. The number of aliphatic hydroxyl groups excluding tert-OH is 11. The van der Waals surface area contributed by atoms with Crippen molar-refractivity contribution in [2.45, 2.75) is 446 Å². The van der Waals surface area contributed by atoms with E-state index < -0.39 is 124 Å². The maximum atomic E-state index is 13.4.